The molecule has 1 fully saturated rings. The summed E-state index contributed by atoms with van der Waals surface area (Å²) in [5, 5.41) is 11.1. The van der Waals surface area contributed by atoms with Gasteiger partial charge in [0.2, 0.25) is 0 Å². The molecule has 24 heavy (non-hydrogen) atoms. The lowest BCUT2D eigenvalue weighted by Gasteiger charge is -2.14. The van der Waals surface area contributed by atoms with Crippen molar-refractivity contribution in [3.8, 4) is 0 Å². The predicted molar refractivity (Wildman–Crippen MR) is 85.5 cm³/mol. The van der Waals surface area contributed by atoms with Gasteiger partial charge in [-0.05, 0) is 6.42 Å². The fourth-order valence-corrected chi connectivity index (χ4v) is 2.99. The second-order valence-corrected chi connectivity index (χ2v) is 5.69. The third kappa shape index (κ3) is 3.03. The van der Waals surface area contributed by atoms with E-state index in [4.69, 9.17) is 4.74 Å². The number of benzene rings is 2. The van der Waals surface area contributed by atoms with E-state index < -0.39 is 22.7 Å². The molecule has 0 aliphatic carbocycles. The molecule has 0 aromatic heterocycles. The van der Waals surface area contributed by atoms with E-state index in [1.165, 1.54) is 6.07 Å². The Labute approximate surface area is 138 Å². The highest BCUT2D eigenvalue weighted by atomic mass is 16.6. The molecule has 2 aromatic rings. The first-order valence-electron chi connectivity index (χ1n) is 7.56. The quantitative estimate of drug-likeness (QED) is 0.277. The molecule has 0 spiro atoms. The van der Waals surface area contributed by atoms with Crippen molar-refractivity contribution in [3.63, 3.8) is 0 Å². The molecular formula is C18H15NO5. The Bertz CT molecular complexity index is 787. The molecule has 0 saturated carbocycles. The number of ether oxygens (including phenoxy) is 1. The van der Waals surface area contributed by atoms with Crippen molar-refractivity contribution in [2.75, 3.05) is 6.61 Å². The van der Waals surface area contributed by atoms with Crippen molar-refractivity contribution in [1.29, 1.82) is 0 Å². The zero-order valence-corrected chi connectivity index (χ0v) is 12.8. The van der Waals surface area contributed by atoms with Crippen LogP contribution in [0.2, 0.25) is 0 Å². The molecule has 1 saturated heterocycles. The third-order valence-corrected chi connectivity index (χ3v) is 4.18. The highest BCUT2D eigenvalue weighted by Gasteiger charge is 2.43. The lowest BCUT2D eigenvalue weighted by molar-refractivity contribution is -0.385. The van der Waals surface area contributed by atoms with Crippen LogP contribution in [0.1, 0.15) is 15.9 Å². The summed E-state index contributed by atoms with van der Waals surface area (Å²) < 4.78 is 5.06. The van der Waals surface area contributed by atoms with Gasteiger partial charge in [-0.25, -0.2) is 0 Å². The monoisotopic (exact) mass is 325 g/mol. The van der Waals surface area contributed by atoms with Crippen molar-refractivity contribution in [1.82, 2.24) is 0 Å². The smallest absolute Gasteiger partial charge is 0.317 e. The minimum atomic E-state index is -0.924. The highest BCUT2D eigenvalue weighted by Crippen LogP contribution is 2.31. The minimum Gasteiger partial charge on any atom is -0.465 e. The van der Waals surface area contributed by atoms with Gasteiger partial charge < -0.3 is 4.74 Å². The van der Waals surface area contributed by atoms with Gasteiger partial charge in [-0.3, -0.25) is 19.7 Å². The van der Waals surface area contributed by atoms with Crippen molar-refractivity contribution >= 4 is 17.4 Å². The van der Waals surface area contributed by atoms with Crippen LogP contribution >= 0.6 is 0 Å². The van der Waals surface area contributed by atoms with E-state index in [1.54, 1.807) is 48.5 Å². The summed E-state index contributed by atoms with van der Waals surface area (Å²) in [7, 11) is 0. The predicted octanol–water partition coefficient (Wildman–Crippen LogP) is 2.81. The zero-order chi connectivity index (χ0) is 17.1. The maximum Gasteiger partial charge on any atom is 0.317 e. The molecule has 122 valence electrons. The van der Waals surface area contributed by atoms with Crippen molar-refractivity contribution in [2.45, 2.75) is 6.42 Å². The largest absolute Gasteiger partial charge is 0.465 e. The van der Waals surface area contributed by atoms with E-state index in [9.17, 15) is 19.7 Å². The van der Waals surface area contributed by atoms with E-state index in [0.717, 1.165) is 0 Å². The lowest BCUT2D eigenvalue weighted by atomic mass is 9.84. The molecule has 0 radical (unpaired) electrons. The van der Waals surface area contributed by atoms with Crippen LogP contribution in [0, 0.1) is 22.0 Å². The van der Waals surface area contributed by atoms with E-state index in [0.29, 0.717) is 11.1 Å². The number of Topliss-reactive ketones (excluding diaryl/α,β-unsaturated/α-hetero) is 1. The number of rotatable bonds is 5. The molecule has 1 aliphatic rings. The van der Waals surface area contributed by atoms with E-state index in [-0.39, 0.29) is 24.5 Å². The van der Waals surface area contributed by atoms with E-state index in [2.05, 4.69) is 0 Å². The molecule has 0 N–H and O–H groups in total. The second-order valence-electron chi connectivity index (χ2n) is 5.69. The first-order valence-corrected chi connectivity index (χ1v) is 7.56. The van der Waals surface area contributed by atoms with Crippen LogP contribution in [0.4, 0.5) is 5.69 Å². The summed E-state index contributed by atoms with van der Waals surface area (Å²) >= 11 is 0. The maximum atomic E-state index is 12.6. The number of nitro groups is 1. The van der Waals surface area contributed by atoms with Crippen molar-refractivity contribution in [3.05, 3.63) is 75.8 Å². The molecule has 3 rings (SSSR count). The average Bonchev–Trinajstić information content (AvgIpc) is 2.95. The molecular weight excluding hydrogens is 310 g/mol. The van der Waals surface area contributed by atoms with Crippen molar-refractivity contribution < 1.29 is 19.2 Å². The van der Waals surface area contributed by atoms with Crippen LogP contribution in [-0.2, 0) is 16.0 Å². The van der Waals surface area contributed by atoms with Gasteiger partial charge in [-0.2, -0.15) is 0 Å². The van der Waals surface area contributed by atoms with Crippen LogP contribution < -0.4 is 0 Å². The van der Waals surface area contributed by atoms with Gasteiger partial charge >= 0.3 is 5.97 Å². The fraction of sp³-hybridized carbons (Fsp3) is 0.222. The minimum absolute atomic E-state index is 0.0113. The summed E-state index contributed by atoms with van der Waals surface area (Å²) in [6, 6.07) is 14.9. The molecule has 2 atom stereocenters. The van der Waals surface area contributed by atoms with E-state index >= 15 is 0 Å². The molecule has 2 aromatic carbocycles. The van der Waals surface area contributed by atoms with Gasteiger partial charge in [-0.1, -0.05) is 48.5 Å². The number of hydrogen-bond donors (Lipinski definition) is 0. The number of hydrogen-bond acceptors (Lipinski definition) is 5. The number of para-hydroxylation sites is 1. The zero-order valence-electron chi connectivity index (χ0n) is 12.8. The highest BCUT2D eigenvalue weighted by molar-refractivity contribution is 6.09. The Hall–Kier alpha value is -3.02. The average molecular weight is 325 g/mol. The number of cyclic esters (lactones) is 1. The molecule has 0 bridgehead atoms. The summed E-state index contributed by atoms with van der Waals surface area (Å²) in [6.07, 6.45) is 0.242. The number of esters is 1. The van der Waals surface area contributed by atoms with Crippen molar-refractivity contribution in [2.24, 2.45) is 11.8 Å². The topological polar surface area (TPSA) is 86.5 Å². The molecule has 0 amide bonds. The Morgan fingerprint density at radius 2 is 1.79 bits per heavy atom. The second kappa shape index (κ2) is 6.62. The Morgan fingerprint density at radius 1 is 1.12 bits per heavy atom. The third-order valence-electron chi connectivity index (χ3n) is 4.18. The van der Waals surface area contributed by atoms with Crippen LogP contribution in [0.3, 0.4) is 0 Å². The molecule has 0 unspecified atom stereocenters. The Balaban J connectivity index is 1.87. The Morgan fingerprint density at radius 3 is 2.50 bits per heavy atom. The standard InChI is InChI=1S/C18H15NO5/c20-17(12-6-2-1-3-7-12)16-14(11-24-18(16)21)10-13-8-4-5-9-15(13)19(22)23/h1-9,14,16H,10-11H2/t14-,16-/m0/s1. The van der Waals surface area contributed by atoms with Gasteiger partial charge in [-0.15, -0.1) is 0 Å². The van der Waals surface area contributed by atoms with Gasteiger partial charge in [0.05, 0.1) is 11.5 Å². The lowest BCUT2D eigenvalue weighted by Crippen LogP contribution is -2.27. The molecule has 1 heterocycles. The first kappa shape index (κ1) is 15.9. The van der Waals surface area contributed by atoms with Crippen LogP contribution in [0.15, 0.2) is 54.6 Å². The summed E-state index contributed by atoms with van der Waals surface area (Å²) in [5.74, 6) is -2.20. The van der Waals surface area contributed by atoms with Crippen LogP contribution in [-0.4, -0.2) is 23.3 Å². The normalized spacial score (nSPS) is 19.8. The summed E-state index contributed by atoms with van der Waals surface area (Å²) in [6.45, 7) is 0.0914. The Kier molecular flexibility index (Phi) is 4.37. The molecule has 6 heteroatoms. The number of ketones is 1. The number of nitro benzene ring substituents is 1. The first-order chi connectivity index (χ1) is 11.6. The molecule has 6 nitrogen and oxygen atoms in total. The maximum absolute atomic E-state index is 12.6. The SMILES string of the molecule is O=C1OC[C@H](Cc2ccccc2[N+](=O)[O-])[C@H]1C(=O)c1ccccc1. The number of nitrogens with zero attached hydrogens (tertiary/aromatic N) is 1. The number of carbonyl (C=O) groups excluding carboxylic acids is 2. The summed E-state index contributed by atoms with van der Waals surface area (Å²) in [4.78, 5) is 35.4. The van der Waals surface area contributed by atoms with Gasteiger partial charge in [0.15, 0.2) is 5.78 Å². The van der Waals surface area contributed by atoms with Crippen LogP contribution in [0.5, 0.6) is 0 Å². The fourth-order valence-electron chi connectivity index (χ4n) is 2.99. The summed E-state index contributed by atoms with van der Waals surface area (Å²) in [5.41, 5.74) is 0.924. The van der Waals surface area contributed by atoms with Gasteiger partial charge in [0, 0.05) is 23.1 Å². The van der Waals surface area contributed by atoms with Crippen LogP contribution in [0.25, 0.3) is 0 Å². The number of carbonyl (C=O) groups is 2. The van der Waals surface area contributed by atoms with Gasteiger partial charge in [0.25, 0.3) is 5.69 Å². The van der Waals surface area contributed by atoms with Gasteiger partial charge in [0.1, 0.15) is 5.92 Å². The van der Waals surface area contributed by atoms with E-state index in [1.807, 2.05) is 0 Å². The molecule has 1 aliphatic heterocycles.